The number of pyridine rings is 1. The second-order valence-electron chi connectivity index (χ2n) is 7.99. The summed E-state index contributed by atoms with van der Waals surface area (Å²) >= 11 is 0. The first-order chi connectivity index (χ1) is 17.8. The molecule has 1 aromatic heterocycles. The highest BCUT2D eigenvalue weighted by molar-refractivity contribution is 6.09. The summed E-state index contributed by atoms with van der Waals surface area (Å²) < 4.78 is 41.0. The summed E-state index contributed by atoms with van der Waals surface area (Å²) in [5.74, 6) is -0.262. The number of ether oxygens (including phenoxy) is 3. The lowest BCUT2D eigenvalue weighted by molar-refractivity contribution is -0.0512. The van der Waals surface area contributed by atoms with Crippen LogP contribution in [0.2, 0.25) is 0 Å². The molecule has 2 unspecified atom stereocenters. The van der Waals surface area contributed by atoms with Crippen LogP contribution in [0.25, 0.3) is 0 Å². The maximum Gasteiger partial charge on any atom is 0.432 e. The number of hydrogen-bond donors (Lipinski definition) is 1. The van der Waals surface area contributed by atoms with E-state index in [0.717, 1.165) is 5.01 Å². The van der Waals surface area contributed by atoms with Crippen molar-refractivity contribution in [3.63, 3.8) is 0 Å². The highest BCUT2D eigenvalue weighted by atomic mass is 19.3. The lowest BCUT2D eigenvalue weighted by Gasteiger charge is -2.32. The molecule has 192 valence electrons. The van der Waals surface area contributed by atoms with Crippen molar-refractivity contribution in [2.75, 3.05) is 7.11 Å². The van der Waals surface area contributed by atoms with Crippen LogP contribution in [0.15, 0.2) is 72.1 Å². The summed E-state index contributed by atoms with van der Waals surface area (Å²) in [5, 5.41) is 5.41. The van der Waals surface area contributed by atoms with Crippen molar-refractivity contribution in [3.05, 3.63) is 89.2 Å². The number of halogens is 2. The number of benzene rings is 2. The van der Waals surface area contributed by atoms with E-state index in [0.29, 0.717) is 34.4 Å². The first-order valence-electron chi connectivity index (χ1n) is 11.3. The van der Waals surface area contributed by atoms with E-state index in [9.17, 15) is 18.4 Å². The molecule has 9 nitrogen and oxygen atoms in total. The van der Waals surface area contributed by atoms with Crippen LogP contribution in [-0.4, -0.2) is 47.4 Å². The molecular weight excluding hydrogens is 486 g/mol. The van der Waals surface area contributed by atoms with Gasteiger partial charge in [-0.1, -0.05) is 31.2 Å². The fourth-order valence-corrected chi connectivity index (χ4v) is 3.82. The monoisotopic (exact) mass is 510 g/mol. The van der Waals surface area contributed by atoms with Crippen molar-refractivity contribution in [2.24, 2.45) is 10.8 Å². The molecule has 0 saturated heterocycles. The van der Waals surface area contributed by atoms with Gasteiger partial charge in [-0.05, 0) is 42.3 Å². The summed E-state index contributed by atoms with van der Waals surface area (Å²) in [6.07, 6.45) is 0.909. The molecule has 1 aliphatic rings. The van der Waals surface area contributed by atoms with Crippen molar-refractivity contribution in [3.8, 4) is 11.5 Å². The Balaban J connectivity index is 1.63. The first-order valence-corrected chi connectivity index (χ1v) is 11.3. The Morgan fingerprint density at radius 1 is 1.08 bits per heavy atom. The van der Waals surface area contributed by atoms with E-state index in [-0.39, 0.29) is 17.3 Å². The topological polar surface area (TPSA) is 116 Å². The molecular formula is C26H24F2N4O5. The SMILES string of the molecule is CCC1OC(=O)N(C(N)c2ccc(C(=O)c3ccncc3)cc2)N=C1c1ccc(OC)c(OC(F)F)c1. The van der Waals surface area contributed by atoms with Crippen LogP contribution in [0.4, 0.5) is 13.6 Å². The highest BCUT2D eigenvalue weighted by Crippen LogP contribution is 2.32. The molecule has 2 atom stereocenters. The number of aromatic nitrogens is 1. The van der Waals surface area contributed by atoms with Crippen LogP contribution >= 0.6 is 0 Å². The largest absolute Gasteiger partial charge is 0.493 e. The number of cyclic esters (lactones) is 1. The third kappa shape index (κ3) is 5.56. The van der Waals surface area contributed by atoms with Crippen LogP contribution in [0.5, 0.6) is 11.5 Å². The van der Waals surface area contributed by atoms with Crippen molar-refractivity contribution >= 4 is 17.6 Å². The van der Waals surface area contributed by atoms with E-state index in [4.69, 9.17) is 15.2 Å². The van der Waals surface area contributed by atoms with Gasteiger partial charge in [-0.3, -0.25) is 9.78 Å². The van der Waals surface area contributed by atoms with Gasteiger partial charge >= 0.3 is 12.7 Å². The Morgan fingerprint density at radius 3 is 2.38 bits per heavy atom. The number of carbonyl (C=O) groups is 2. The summed E-state index contributed by atoms with van der Waals surface area (Å²) in [7, 11) is 1.33. The number of rotatable bonds is 9. The number of hydrazone groups is 1. The van der Waals surface area contributed by atoms with E-state index < -0.39 is 25.0 Å². The van der Waals surface area contributed by atoms with E-state index in [1.165, 1.54) is 31.6 Å². The number of hydrogen-bond acceptors (Lipinski definition) is 8. The third-order valence-corrected chi connectivity index (χ3v) is 5.72. The molecule has 2 heterocycles. The van der Waals surface area contributed by atoms with E-state index in [1.54, 1.807) is 49.4 Å². The molecule has 1 aliphatic heterocycles. The Morgan fingerprint density at radius 2 is 1.76 bits per heavy atom. The van der Waals surface area contributed by atoms with Crippen LogP contribution in [0, 0.1) is 0 Å². The van der Waals surface area contributed by atoms with Crippen molar-refractivity contribution in [1.29, 1.82) is 0 Å². The molecule has 0 saturated carbocycles. The van der Waals surface area contributed by atoms with Gasteiger partial charge in [0.2, 0.25) is 0 Å². The van der Waals surface area contributed by atoms with E-state index in [2.05, 4.69) is 14.8 Å². The predicted molar refractivity (Wildman–Crippen MR) is 130 cm³/mol. The van der Waals surface area contributed by atoms with Crippen LogP contribution < -0.4 is 15.2 Å². The van der Waals surface area contributed by atoms with E-state index >= 15 is 0 Å². The lowest BCUT2D eigenvalue weighted by Crippen LogP contribution is -2.45. The van der Waals surface area contributed by atoms with Gasteiger partial charge in [-0.25, -0.2) is 4.79 Å². The number of methoxy groups -OCH3 is 1. The molecule has 0 radical (unpaired) electrons. The second kappa shape index (κ2) is 11.1. The zero-order valence-corrected chi connectivity index (χ0v) is 20.0. The molecule has 4 rings (SSSR count). The average Bonchev–Trinajstić information content (AvgIpc) is 2.92. The maximum atomic E-state index is 12.9. The standard InChI is InChI=1S/C26H24F2N4O5/c1-3-19-22(18-8-9-20(35-2)21(14-18)36-25(27)28)31-32(26(34)37-19)24(29)17-6-4-15(5-7-17)23(33)16-10-12-30-13-11-16/h4-14,19,24-25H,3,29H2,1-2H3. The first kappa shape index (κ1) is 25.7. The summed E-state index contributed by atoms with van der Waals surface area (Å²) in [6, 6.07) is 14.1. The predicted octanol–water partition coefficient (Wildman–Crippen LogP) is 4.52. The molecule has 0 bridgehead atoms. The zero-order chi connectivity index (χ0) is 26.5. The van der Waals surface area contributed by atoms with Gasteiger partial charge in [0.25, 0.3) is 0 Å². The summed E-state index contributed by atoms with van der Waals surface area (Å²) in [4.78, 5) is 29.3. The fraction of sp³-hybridized carbons (Fsp3) is 0.231. The Bertz CT molecular complexity index is 1300. The lowest BCUT2D eigenvalue weighted by atomic mass is 10.0. The average molecular weight is 510 g/mol. The van der Waals surface area contributed by atoms with E-state index in [1.807, 2.05) is 0 Å². The van der Waals surface area contributed by atoms with Crippen LogP contribution in [0.3, 0.4) is 0 Å². The number of nitrogens with zero attached hydrogens (tertiary/aromatic N) is 3. The van der Waals surface area contributed by atoms with Crippen molar-refractivity contribution in [1.82, 2.24) is 9.99 Å². The summed E-state index contributed by atoms with van der Waals surface area (Å²) in [5.41, 5.74) is 8.47. The van der Waals surface area contributed by atoms with Crippen LogP contribution in [-0.2, 0) is 4.74 Å². The smallest absolute Gasteiger partial charge is 0.432 e. The molecule has 0 spiro atoms. The molecule has 3 aromatic rings. The number of nitrogens with two attached hydrogens (primary N) is 1. The molecule has 0 aliphatic carbocycles. The Kier molecular flexibility index (Phi) is 7.73. The highest BCUT2D eigenvalue weighted by Gasteiger charge is 2.34. The number of amides is 1. The number of carbonyl (C=O) groups excluding carboxylic acids is 2. The van der Waals surface area contributed by atoms with Gasteiger partial charge in [0.05, 0.1) is 7.11 Å². The van der Waals surface area contributed by atoms with Crippen molar-refractivity contribution < 1.29 is 32.6 Å². The minimum atomic E-state index is -3.06. The summed E-state index contributed by atoms with van der Waals surface area (Å²) in [6.45, 7) is -1.27. The molecule has 1 amide bonds. The van der Waals surface area contributed by atoms with Crippen molar-refractivity contribution in [2.45, 2.75) is 32.2 Å². The maximum absolute atomic E-state index is 12.9. The van der Waals surface area contributed by atoms with Gasteiger partial charge in [0.15, 0.2) is 17.3 Å². The quantitative estimate of drug-likeness (QED) is 0.421. The van der Waals surface area contributed by atoms with Gasteiger partial charge in [-0.15, -0.1) is 0 Å². The van der Waals surface area contributed by atoms with Gasteiger partial charge in [0.1, 0.15) is 18.0 Å². The van der Waals surface area contributed by atoms with Gasteiger partial charge in [-0.2, -0.15) is 18.9 Å². The minimum Gasteiger partial charge on any atom is -0.493 e. The zero-order valence-electron chi connectivity index (χ0n) is 20.0. The number of ketones is 1. The Hall–Kier alpha value is -4.38. The Labute approximate surface area is 211 Å². The fourth-order valence-electron chi connectivity index (χ4n) is 3.82. The third-order valence-electron chi connectivity index (χ3n) is 5.72. The van der Waals surface area contributed by atoms with Gasteiger partial charge < -0.3 is 19.9 Å². The molecule has 2 N–H and O–H groups in total. The molecule has 0 fully saturated rings. The van der Waals surface area contributed by atoms with Gasteiger partial charge in [0, 0.05) is 29.1 Å². The minimum absolute atomic E-state index is 0.112. The normalized spacial score (nSPS) is 16.2. The molecule has 2 aromatic carbocycles. The number of alkyl halides is 2. The molecule has 37 heavy (non-hydrogen) atoms. The second-order valence-corrected chi connectivity index (χ2v) is 7.99. The molecule has 11 heteroatoms. The van der Waals surface area contributed by atoms with Crippen LogP contribution in [0.1, 0.15) is 46.6 Å².